The number of aromatic nitrogens is 2. The van der Waals surface area contributed by atoms with Crippen LogP contribution in [0.1, 0.15) is 45.7 Å². The smallest absolute Gasteiger partial charge is 0.349 e. The second-order valence-corrected chi connectivity index (χ2v) is 13.4. The Morgan fingerprint density at radius 1 is 1.46 bits per heavy atom. The molecule has 2 rings (SSSR count). The second kappa shape index (κ2) is 7.40. The van der Waals surface area contributed by atoms with Crippen molar-refractivity contribution in [2.45, 2.75) is 83.6 Å². The molecule has 1 aliphatic heterocycles. The Morgan fingerprint density at radius 2 is 2.08 bits per heavy atom. The van der Waals surface area contributed by atoms with E-state index in [1.807, 2.05) is 6.92 Å². The fraction of sp³-hybridized carbons (Fsp3) is 0.778. The maximum Gasteiger partial charge on any atom is 0.349 e. The Morgan fingerprint density at radius 3 is 2.62 bits per heavy atom. The van der Waals surface area contributed by atoms with Crippen molar-refractivity contribution in [2.24, 2.45) is 0 Å². The van der Waals surface area contributed by atoms with Crippen LogP contribution >= 0.6 is 0 Å². The molecule has 0 radical (unpaired) electrons. The molecular weight excluding hydrogens is 353 g/mol. The van der Waals surface area contributed by atoms with Crippen molar-refractivity contribution in [3.63, 3.8) is 0 Å². The number of alkyl halides is 1. The first-order valence-electron chi connectivity index (χ1n) is 9.17. The highest BCUT2D eigenvalue weighted by atomic mass is 28.4. The number of nitrogen functional groups attached to an aromatic ring is 1. The first-order chi connectivity index (χ1) is 11.9. The lowest BCUT2D eigenvalue weighted by molar-refractivity contribution is -0.131. The molecule has 1 aromatic heterocycles. The predicted octanol–water partition coefficient (Wildman–Crippen LogP) is 3.21. The Hall–Kier alpha value is -1.25. The van der Waals surface area contributed by atoms with Gasteiger partial charge in [-0.1, -0.05) is 27.7 Å². The van der Waals surface area contributed by atoms with E-state index >= 15 is 4.39 Å². The van der Waals surface area contributed by atoms with Gasteiger partial charge in [0.2, 0.25) is 0 Å². The number of rotatable bonds is 4. The van der Waals surface area contributed by atoms with E-state index in [-0.39, 0.29) is 23.6 Å². The van der Waals surface area contributed by atoms with Crippen LogP contribution in [0.5, 0.6) is 0 Å². The van der Waals surface area contributed by atoms with Crippen LogP contribution in [0.25, 0.3) is 0 Å². The Bertz CT molecular complexity index is 702. The minimum atomic E-state index is -2.20. The van der Waals surface area contributed by atoms with E-state index in [2.05, 4.69) is 38.8 Å². The highest BCUT2D eigenvalue weighted by Gasteiger charge is 2.48. The molecule has 0 spiro atoms. The van der Waals surface area contributed by atoms with Crippen molar-refractivity contribution in [1.29, 1.82) is 0 Å². The van der Waals surface area contributed by atoms with Crippen molar-refractivity contribution in [2.75, 3.05) is 12.3 Å². The predicted molar refractivity (Wildman–Crippen MR) is 104 cm³/mol. The zero-order valence-electron chi connectivity index (χ0n) is 16.9. The second-order valence-electron chi connectivity index (χ2n) is 8.63. The van der Waals surface area contributed by atoms with Gasteiger partial charge in [-0.15, -0.1) is 0 Å². The molecule has 1 aliphatic rings. The summed E-state index contributed by atoms with van der Waals surface area (Å²) in [6, 6.07) is -0.771. The molecule has 1 fully saturated rings. The zero-order chi connectivity index (χ0) is 19.9. The van der Waals surface area contributed by atoms with Gasteiger partial charge in [0.15, 0.2) is 14.5 Å². The fourth-order valence-corrected chi connectivity index (χ4v) is 4.21. The summed E-state index contributed by atoms with van der Waals surface area (Å²) in [5.74, 6) is 0.166. The van der Waals surface area contributed by atoms with E-state index in [1.54, 1.807) is 13.1 Å². The van der Waals surface area contributed by atoms with Gasteiger partial charge in [-0.3, -0.25) is 4.57 Å². The molecule has 0 aromatic carbocycles. The lowest BCUT2D eigenvalue weighted by Crippen LogP contribution is -2.56. The summed E-state index contributed by atoms with van der Waals surface area (Å²) in [6.07, 6.45) is -0.176. The van der Waals surface area contributed by atoms with Crippen molar-refractivity contribution in [1.82, 2.24) is 9.55 Å². The summed E-state index contributed by atoms with van der Waals surface area (Å²) in [7, 11) is -2.20. The molecule has 26 heavy (non-hydrogen) atoms. The molecule has 1 saturated heterocycles. The number of nitrogens with zero attached hydrogens (tertiary/aromatic N) is 2. The number of halogens is 1. The van der Waals surface area contributed by atoms with Crippen molar-refractivity contribution >= 4 is 14.1 Å². The third kappa shape index (κ3) is 4.02. The van der Waals surface area contributed by atoms with Crippen LogP contribution < -0.4 is 11.4 Å². The molecule has 148 valence electrons. The molecule has 1 aromatic rings. The van der Waals surface area contributed by atoms with Gasteiger partial charge in [0.1, 0.15) is 11.9 Å². The van der Waals surface area contributed by atoms with Crippen LogP contribution in [0.4, 0.5) is 10.2 Å². The van der Waals surface area contributed by atoms with E-state index in [0.29, 0.717) is 12.0 Å². The first kappa shape index (κ1) is 21.1. The van der Waals surface area contributed by atoms with E-state index in [4.69, 9.17) is 14.9 Å². The number of nitrogens with two attached hydrogens (primary N) is 1. The van der Waals surface area contributed by atoms with Crippen LogP contribution in [0.15, 0.2) is 11.0 Å². The van der Waals surface area contributed by atoms with Crippen LogP contribution in [0, 0.1) is 6.92 Å². The van der Waals surface area contributed by atoms with E-state index in [1.165, 1.54) is 4.57 Å². The molecule has 0 bridgehead atoms. The Balaban J connectivity index is 2.36. The molecule has 4 atom stereocenters. The molecule has 0 amide bonds. The van der Waals surface area contributed by atoms with Gasteiger partial charge in [0, 0.05) is 11.8 Å². The third-order valence-corrected chi connectivity index (χ3v) is 10.2. The average molecular weight is 386 g/mol. The Kier molecular flexibility index (Phi) is 5.99. The summed E-state index contributed by atoms with van der Waals surface area (Å²) < 4.78 is 29.1. The standard InChI is InChI=1S/C18H32FN3O3Si/c1-8-13-15(25-26(6,7)18(3,4)5)14(19)12(10-24-13)22-9-11(2)16(20)21-17(22)23/h9,12-15H,8,10H2,1-7H3,(H2,20,21,23). The van der Waals surface area contributed by atoms with Crippen LogP contribution in [0.3, 0.4) is 0 Å². The van der Waals surface area contributed by atoms with Gasteiger partial charge >= 0.3 is 5.69 Å². The summed E-state index contributed by atoms with van der Waals surface area (Å²) in [6.45, 7) is 14.4. The number of hydrogen-bond acceptors (Lipinski definition) is 5. The topological polar surface area (TPSA) is 79.4 Å². The highest BCUT2D eigenvalue weighted by molar-refractivity contribution is 6.74. The zero-order valence-corrected chi connectivity index (χ0v) is 17.9. The van der Waals surface area contributed by atoms with Crippen LogP contribution in [-0.2, 0) is 9.16 Å². The number of aryl methyl sites for hydroxylation is 1. The Labute approximate surface area is 156 Å². The summed E-state index contributed by atoms with van der Waals surface area (Å²) in [4.78, 5) is 16.0. The average Bonchev–Trinajstić information content (AvgIpc) is 2.52. The summed E-state index contributed by atoms with van der Waals surface area (Å²) >= 11 is 0. The SMILES string of the molecule is CCC1OCC(n2cc(C)c(N)nc2=O)C(F)C1O[Si](C)(C)C(C)(C)C. The quantitative estimate of drug-likeness (QED) is 0.805. The van der Waals surface area contributed by atoms with Gasteiger partial charge in [0.05, 0.1) is 18.8 Å². The normalized spacial score (nSPS) is 27.5. The van der Waals surface area contributed by atoms with Crippen molar-refractivity contribution < 1.29 is 13.6 Å². The molecule has 2 heterocycles. The lowest BCUT2D eigenvalue weighted by atomic mass is 9.97. The van der Waals surface area contributed by atoms with E-state index < -0.39 is 32.3 Å². The molecule has 4 unspecified atom stereocenters. The molecule has 0 saturated carbocycles. The van der Waals surface area contributed by atoms with Crippen molar-refractivity contribution in [3.8, 4) is 0 Å². The number of ether oxygens (including phenoxy) is 1. The van der Waals surface area contributed by atoms with Gasteiger partial charge in [-0.25, -0.2) is 9.18 Å². The van der Waals surface area contributed by atoms with Gasteiger partial charge in [-0.2, -0.15) is 4.98 Å². The van der Waals surface area contributed by atoms with Crippen LogP contribution in [-0.4, -0.2) is 42.9 Å². The molecule has 8 heteroatoms. The minimum Gasteiger partial charge on any atom is -0.408 e. The lowest BCUT2D eigenvalue weighted by Gasteiger charge is -2.46. The third-order valence-electron chi connectivity index (χ3n) is 5.70. The fourth-order valence-electron chi connectivity index (χ4n) is 2.89. The van der Waals surface area contributed by atoms with Crippen molar-refractivity contribution in [3.05, 3.63) is 22.2 Å². The van der Waals surface area contributed by atoms with Crippen LogP contribution in [0.2, 0.25) is 18.1 Å². The number of hydrogen-bond donors (Lipinski definition) is 1. The summed E-state index contributed by atoms with van der Waals surface area (Å²) in [5, 5.41) is -0.0475. The number of anilines is 1. The molecule has 2 N–H and O–H groups in total. The molecular formula is C18H32FN3O3Si. The molecule has 6 nitrogen and oxygen atoms in total. The highest BCUT2D eigenvalue weighted by Crippen LogP contribution is 2.40. The largest absolute Gasteiger partial charge is 0.408 e. The van der Waals surface area contributed by atoms with Gasteiger partial charge < -0.3 is 14.9 Å². The summed E-state index contributed by atoms with van der Waals surface area (Å²) in [5.41, 5.74) is 5.76. The molecule has 0 aliphatic carbocycles. The maximum atomic E-state index is 15.6. The van der Waals surface area contributed by atoms with Gasteiger partial charge in [-0.05, 0) is 31.5 Å². The minimum absolute atomic E-state index is 0.0475. The maximum absolute atomic E-state index is 15.6. The van der Waals surface area contributed by atoms with E-state index in [9.17, 15) is 4.79 Å². The van der Waals surface area contributed by atoms with Gasteiger partial charge in [0.25, 0.3) is 0 Å². The van der Waals surface area contributed by atoms with E-state index in [0.717, 1.165) is 0 Å². The first-order valence-corrected chi connectivity index (χ1v) is 12.1. The monoisotopic (exact) mass is 385 g/mol.